The number of nitrogens with zero attached hydrogens (tertiary/aromatic N) is 1. The Hall–Kier alpha value is -1.02. The van der Waals surface area contributed by atoms with Gasteiger partial charge in [0.1, 0.15) is 5.75 Å². The zero-order valence-corrected chi connectivity index (χ0v) is 13.1. The molecule has 0 aromatic heterocycles. The fourth-order valence-electron chi connectivity index (χ4n) is 2.72. The molecule has 20 heavy (non-hydrogen) atoms. The molecule has 1 fully saturated rings. The van der Waals surface area contributed by atoms with Gasteiger partial charge in [0.05, 0.1) is 6.61 Å². The molecule has 1 aliphatic rings. The summed E-state index contributed by atoms with van der Waals surface area (Å²) in [6, 6.07) is 8.33. The molecule has 2 nitrogen and oxygen atoms in total. The van der Waals surface area contributed by atoms with E-state index in [0.29, 0.717) is 0 Å². The Kier molecular flexibility index (Phi) is 6.38. The van der Waals surface area contributed by atoms with Crippen LogP contribution >= 0.6 is 0 Å². The lowest BCUT2D eigenvalue weighted by molar-refractivity contribution is 0.187. The number of hydrogen-bond acceptors (Lipinski definition) is 2. The van der Waals surface area contributed by atoms with Crippen LogP contribution in [0.15, 0.2) is 24.3 Å². The molecule has 2 rings (SSSR count). The van der Waals surface area contributed by atoms with Gasteiger partial charge in [-0.15, -0.1) is 0 Å². The van der Waals surface area contributed by atoms with Gasteiger partial charge in [-0.25, -0.2) is 0 Å². The number of aryl methyl sites for hydroxylation is 1. The summed E-state index contributed by atoms with van der Waals surface area (Å²) in [6.45, 7) is 9.21. The predicted octanol–water partition coefficient (Wildman–Crippen LogP) is 4.28. The van der Waals surface area contributed by atoms with Crippen molar-refractivity contribution in [3.63, 3.8) is 0 Å². The lowest BCUT2D eigenvalue weighted by Crippen LogP contribution is -2.33. The highest BCUT2D eigenvalue weighted by atomic mass is 16.5. The standard InChI is InChI=1S/C18H29NO/c1-16-6-8-18(9-7-16)20-15-5-3-4-12-19-13-10-17(2)11-14-19/h6-9,17H,3-5,10-15H2,1-2H3. The van der Waals surface area contributed by atoms with Crippen molar-refractivity contribution in [1.29, 1.82) is 0 Å². The molecule has 0 radical (unpaired) electrons. The topological polar surface area (TPSA) is 12.5 Å². The molecule has 0 atom stereocenters. The summed E-state index contributed by atoms with van der Waals surface area (Å²) in [6.07, 6.45) is 6.52. The van der Waals surface area contributed by atoms with E-state index in [-0.39, 0.29) is 0 Å². The Morgan fingerprint density at radius 3 is 2.45 bits per heavy atom. The highest BCUT2D eigenvalue weighted by molar-refractivity contribution is 5.26. The van der Waals surface area contributed by atoms with E-state index in [1.807, 2.05) is 0 Å². The van der Waals surface area contributed by atoms with Crippen molar-refractivity contribution in [2.45, 2.75) is 46.0 Å². The average molecular weight is 275 g/mol. The fraction of sp³-hybridized carbons (Fsp3) is 0.667. The van der Waals surface area contributed by atoms with Gasteiger partial charge in [0, 0.05) is 0 Å². The number of rotatable bonds is 7. The van der Waals surface area contributed by atoms with Gasteiger partial charge in [-0.1, -0.05) is 24.6 Å². The zero-order valence-electron chi connectivity index (χ0n) is 13.1. The van der Waals surface area contributed by atoms with Crippen molar-refractivity contribution in [3.05, 3.63) is 29.8 Å². The molecule has 0 saturated carbocycles. The molecule has 1 heterocycles. The van der Waals surface area contributed by atoms with Gasteiger partial charge in [0.15, 0.2) is 0 Å². The Balaban J connectivity index is 1.48. The third kappa shape index (κ3) is 5.54. The average Bonchev–Trinajstić information content (AvgIpc) is 2.46. The molecule has 0 spiro atoms. The van der Waals surface area contributed by atoms with Crippen molar-refractivity contribution in [1.82, 2.24) is 4.90 Å². The molecule has 1 aromatic carbocycles. The fourth-order valence-corrected chi connectivity index (χ4v) is 2.72. The van der Waals surface area contributed by atoms with Gasteiger partial charge < -0.3 is 9.64 Å². The number of hydrogen-bond donors (Lipinski definition) is 0. The quantitative estimate of drug-likeness (QED) is 0.689. The maximum Gasteiger partial charge on any atom is 0.119 e. The minimum absolute atomic E-state index is 0.847. The number of likely N-dealkylation sites (tertiary alicyclic amines) is 1. The van der Waals surface area contributed by atoms with Gasteiger partial charge in [-0.3, -0.25) is 0 Å². The summed E-state index contributed by atoms with van der Waals surface area (Å²) < 4.78 is 5.75. The molecule has 0 aliphatic carbocycles. The lowest BCUT2D eigenvalue weighted by Gasteiger charge is -2.30. The normalized spacial score (nSPS) is 17.3. The second-order valence-corrected chi connectivity index (χ2v) is 6.25. The van der Waals surface area contributed by atoms with Crippen LogP contribution in [0.1, 0.15) is 44.6 Å². The van der Waals surface area contributed by atoms with Crippen LogP contribution in [-0.4, -0.2) is 31.1 Å². The third-order valence-electron chi connectivity index (χ3n) is 4.28. The smallest absolute Gasteiger partial charge is 0.119 e. The summed E-state index contributed by atoms with van der Waals surface area (Å²) in [7, 11) is 0. The van der Waals surface area contributed by atoms with E-state index in [1.54, 1.807) is 0 Å². The summed E-state index contributed by atoms with van der Waals surface area (Å²) in [5.74, 6) is 1.94. The first kappa shape index (κ1) is 15.4. The van der Waals surface area contributed by atoms with Crippen molar-refractivity contribution in [2.75, 3.05) is 26.2 Å². The molecule has 0 N–H and O–H groups in total. The first-order valence-corrected chi connectivity index (χ1v) is 8.16. The van der Waals surface area contributed by atoms with Crippen LogP contribution in [0.4, 0.5) is 0 Å². The zero-order chi connectivity index (χ0) is 14.2. The monoisotopic (exact) mass is 275 g/mol. The molecular formula is C18H29NO. The second-order valence-electron chi connectivity index (χ2n) is 6.25. The number of ether oxygens (including phenoxy) is 1. The SMILES string of the molecule is Cc1ccc(OCCCCCN2CCC(C)CC2)cc1. The first-order valence-electron chi connectivity index (χ1n) is 8.16. The number of piperidine rings is 1. The maximum atomic E-state index is 5.75. The molecule has 1 saturated heterocycles. The summed E-state index contributed by atoms with van der Waals surface area (Å²) >= 11 is 0. The Morgan fingerprint density at radius 1 is 1.05 bits per heavy atom. The van der Waals surface area contributed by atoms with Crippen molar-refractivity contribution < 1.29 is 4.74 Å². The van der Waals surface area contributed by atoms with Crippen molar-refractivity contribution in [2.24, 2.45) is 5.92 Å². The molecule has 1 aromatic rings. The van der Waals surface area contributed by atoms with E-state index < -0.39 is 0 Å². The molecule has 0 unspecified atom stereocenters. The highest BCUT2D eigenvalue weighted by Crippen LogP contribution is 2.16. The van der Waals surface area contributed by atoms with Gasteiger partial charge in [0.2, 0.25) is 0 Å². The highest BCUT2D eigenvalue weighted by Gasteiger charge is 2.14. The molecule has 0 bridgehead atoms. The van der Waals surface area contributed by atoms with Crippen LogP contribution in [0.2, 0.25) is 0 Å². The van der Waals surface area contributed by atoms with Crippen LogP contribution in [-0.2, 0) is 0 Å². The number of unbranched alkanes of at least 4 members (excludes halogenated alkanes) is 2. The summed E-state index contributed by atoms with van der Waals surface area (Å²) in [5, 5.41) is 0. The van der Waals surface area contributed by atoms with Crippen LogP contribution in [0, 0.1) is 12.8 Å². The van der Waals surface area contributed by atoms with E-state index >= 15 is 0 Å². The van der Waals surface area contributed by atoms with Crippen LogP contribution in [0.3, 0.4) is 0 Å². The van der Waals surface area contributed by atoms with Crippen LogP contribution in [0.5, 0.6) is 5.75 Å². The second kappa shape index (κ2) is 8.31. The Morgan fingerprint density at radius 2 is 1.75 bits per heavy atom. The summed E-state index contributed by atoms with van der Waals surface area (Å²) in [4.78, 5) is 2.63. The molecular weight excluding hydrogens is 246 g/mol. The van der Waals surface area contributed by atoms with E-state index in [0.717, 1.165) is 24.7 Å². The minimum atomic E-state index is 0.847. The molecule has 1 aliphatic heterocycles. The Bertz CT molecular complexity index is 366. The minimum Gasteiger partial charge on any atom is -0.494 e. The van der Waals surface area contributed by atoms with E-state index in [1.165, 1.54) is 50.9 Å². The van der Waals surface area contributed by atoms with Crippen LogP contribution in [0.25, 0.3) is 0 Å². The van der Waals surface area contributed by atoms with Crippen molar-refractivity contribution >= 4 is 0 Å². The largest absolute Gasteiger partial charge is 0.494 e. The maximum absolute atomic E-state index is 5.75. The van der Waals surface area contributed by atoms with E-state index in [9.17, 15) is 0 Å². The predicted molar refractivity (Wildman–Crippen MR) is 85.4 cm³/mol. The molecule has 112 valence electrons. The third-order valence-corrected chi connectivity index (χ3v) is 4.28. The molecule has 0 amide bonds. The number of benzene rings is 1. The van der Waals surface area contributed by atoms with E-state index in [4.69, 9.17) is 4.74 Å². The lowest BCUT2D eigenvalue weighted by atomic mass is 9.99. The summed E-state index contributed by atoms with van der Waals surface area (Å²) in [5.41, 5.74) is 1.29. The molecule has 2 heteroatoms. The Labute approximate surface area is 124 Å². The van der Waals surface area contributed by atoms with Crippen LogP contribution < -0.4 is 4.74 Å². The van der Waals surface area contributed by atoms with E-state index in [2.05, 4.69) is 43.0 Å². The van der Waals surface area contributed by atoms with Gasteiger partial charge in [-0.2, -0.15) is 0 Å². The van der Waals surface area contributed by atoms with Gasteiger partial charge >= 0.3 is 0 Å². The van der Waals surface area contributed by atoms with Gasteiger partial charge in [-0.05, 0) is 76.7 Å². The first-order chi connectivity index (χ1) is 9.74. The van der Waals surface area contributed by atoms with Gasteiger partial charge in [0.25, 0.3) is 0 Å². The van der Waals surface area contributed by atoms with Crippen molar-refractivity contribution in [3.8, 4) is 5.75 Å².